The lowest BCUT2D eigenvalue weighted by Gasteiger charge is -2.33. The van der Waals surface area contributed by atoms with Crippen molar-refractivity contribution in [2.45, 2.75) is 33.2 Å². The summed E-state index contributed by atoms with van der Waals surface area (Å²) in [5.74, 6) is 1.47. The Labute approximate surface area is 144 Å². The van der Waals surface area contributed by atoms with Crippen LogP contribution in [0.5, 0.6) is 0 Å². The number of aryl methyl sites for hydroxylation is 2. The molecule has 0 spiro atoms. The Hall–Kier alpha value is -2.07. The topological polar surface area (TPSA) is 48.4 Å². The average molecular weight is 325 g/mol. The van der Waals surface area contributed by atoms with Gasteiger partial charge in [-0.15, -0.1) is 0 Å². The Morgan fingerprint density at radius 1 is 1.21 bits per heavy atom. The van der Waals surface area contributed by atoms with Crippen molar-refractivity contribution in [1.29, 1.82) is 0 Å². The molecule has 0 unspecified atom stereocenters. The fourth-order valence-electron chi connectivity index (χ4n) is 3.35. The number of rotatable bonds is 5. The molecule has 24 heavy (non-hydrogen) atoms. The highest BCUT2D eigenvalue weighted by molar-refractivity contribution is 5.65. The maximum absolute atomic E-state index is 9.31. The van der Waals surface area contributed by atoms with Crippen molar-refractivity contribution >= 4 is 11.5 Å². The molecular formula is C20H27N3O. The summed E-state index contributed by atoms with van der Waals surface area (Å²) >= 11 is 0. The summed E-state index contributed by atoms with van der Waals surface area (Å²) in [5, 5.41) is 12.9. The van der Waals surface area contributed by atoms with Crippen molar-refractivity contribution in [2.75, 3.05) is 29.9 Å². The van der Waals surface area contributed by atoms with E-state index < -0.39 is 0 Å². The number of aliphatic hydroxyl groups is 1. The van der Waals surface area contributed by atoms with E-state index in [0.29, 0.717) is 12.5 Å². The quantitative estimate of drug-likeness (QED) is 0.883. The number of anilines is 2. The first-order valence-electron chi connectivity index (χ1n) is 8.78. The van der Waals surface area contributed by atoms with E-state index in [1.54, 1.807) is 0 Å². The minimum absolute atomic E-state index is 0.299. The summed E-state index contributed by atoms with van der Waals surface area (Å²) < 4.78 is 0. The second-order valence-corrected chi connectivity index (χ2v) is 6.77. The molecule has 1 aliphatic heterocycles. The van der Waals surface area contributed by atoms with Crippen LogP contribution in [0.15, 0.2) is 36.5 Å². The van der Waals surface area contributed by atoms with Crippen molar-refractivity contribution in [3.05, 3.63) is 53.2 Å². The fraction of sp³-hybridized carbons (Fsp3) is 0.450. The van der Waals surface area contributed by atoms with Crippen LogP contribution in [0.2, 0.25) is 0 Å². The molecule has 1 aromatic heterocycles. The van der Waals surface area contributed by atoms with E-state index in [2.05, 4.69) is 53.3 Å². The fourth-order valence-corrected chi connectivity index (χ4v) is 3.35. The van der Waals surface area contributed by atoms with Crippen molar-refractivity contribution in [3.63, 3.8) is 0 Å². The summed E-state index contributed by atoms with van der Waals surface area (Å²) in [6.07, 6.45) is 3.92. The zero-order valence-corrected chi connectivity index (χ0v) is 14.6. The van der Waals surface area contributed by atoms with E-state index in [1.807, 2.05) is 12.3 Å². The van der Waals surface area contributed by atoms with Crippen LogP contribution in [0, 0.1) is 19.8 Å². The molecule has 0 bridgehead atoms. The number of benzene rings is 1. The molecule has 0 radical (unpaired) electrons. The van der Waals surface area contributed by atoms with Crippen LogP contribution in [0.3, 0.4) is 0 Å². The molecule has 3 rings (SSSR count). The Balaban J connectivity index is 1.70. The van der Waals surface area contributed by atoms with Gasteiger partial charge in [0.25, 0.3) is 0 Å². The average Bonchev–Trinajstić information content (AvgIpc) is 2.61. The van der Waals surface area contributed by atoms with Gasteiger partial charge in [-0.25, -0.2) is 4.98 Å². The maximum Gasteiger partial charge on any atom is 0.151 e. The third-order valence-corrected chi connectivity index (χ3v) is 4.93. The molecule has 4 heteroatoms. The van der Waals surface area contributed by atoms with Crippen LogP contribution >= 0.6 is 0 Å². The molecule has 1 aliphatic rings. The summed E-state index contributed by atoms with van der Waals surface area (Å²) in [7, 11) is 0. The molecule has 4 nitrogen and oxygen atoms in total. The van der Waals surface area contributed by atoms with Crippen LogP contribution in [0.1, 0.15) is 29.5 Å². The molecule has 0 saturated carbocycles. The molecule has 0 atom stereocenters. The third kappa shape index (κ3) is 3.88. The van der Waals surface area contributed by atoms with Crippen LogP contribution in [-0.4, -0.2) is 29.8 Å². The van der Waals surface area contributed by atoms with Gasteiger partial charge in [0.1, 0.15) is 0 Å². The minimum Gasteiger partial charge on any atom is -0.396 e. The van der Waals surface area contributed by atoms with Crippen molar-refractivity contribution in [2.24, 2.45) is 5.92 Å². The number of pyridine rings is 1. The number of hydrogen-bond acceptors (Lipinski definition) is 4. The second kappa shape index (κ2) is 7.67. The van der Waals surface area contributed by atoms with E-state index in [9.17, 15) is 5.11 Å². The number of nitrogens with zero attached hydrogens (tertiary/aromatic N) is 2. The lowest BCUT2D eigenvalue weighted by Crippen LogP contribution is -2.35. The molecule has 1 fully saturated rings. The SMILES string of the molecule is Cc1ccc(CNc2cccnc2N2CCC(CO)CC2)c(C)c1. The first-order valence-corrected chi connectivity index (χ1v) is 8.78. The predicted octanol–water partition coefficient (Wildman–Crippen LogP) is 3.52. The van der Waals surface area contributed by atoms with Crippen molar-refractivity contribution in [3.8, 4) is 0 Å². The van der Waals surface area contributed by atoms with E-state index in [0.717, 1.165) is 44.0 Å². The monoisotopic (exact) mass is 325 g/mol. The Morgan fingerprint density at radius 2 is 2.00 bits per heavy atom. The first kappa shape index (κ1) is 16.8. The van der Waals surface area contributed by atoms with Crippen molar-refractivity contribution in [1.82, 2.24) is 4.98 Å². The van der Waals surface area contributed by atoms with Gasteiger partial charge in [0.05, 0.1) is 5.69 Å². The molecular weight excluding hydrogens is 298 g/mol. The van der Waals surface area contributed by atoms with Gasteiger partial charge in [-0.2, -0.15) is 0 Å². The van der Waals surface area contributed by atoms with Gasteiger partial charge in [-0.3, -0.25) is 0 Å². The molecule has 128 valence electrons. The second-order valence-electron chi connectivity index (χ2n) is 6.77. The van der Waals surface area contributed by atoms with E-state index >= 15 is 0 Å². The highest BCUT2D eigenvalue weighted by atomic mass is 16.3. The van der Waals surface area contributed by atoms with Gasteiger partial charge in [0.15, 0.2) is 5.82 Å². The zero-order chi connectivity index (χ0) is 16.9. The number of nitrogens with one attached hydrogen (secondary N) is 1. The van der Waals surface area contributed by atoms with Crippen LogP contribution in [0.25, 0.3) is 0 Å². The summed E-state index contributed by atoms with van der Waals surface area (Å²) in [4.78, 5) is 6.93. The highest BCUT2D eigenvalue weighted by Crippen LogP contribution is 2.28. The largest absolute Gasteiger partial charge is 0.396 e. The van der Waals surface area contributed by atoms with Gasteiger partial charge in [-0.05, 0) is 55.9 Å². The summed E-state index contributed by atoms with van der Waals surface area (Å²) in [5.41, 5.74) is 5.01. The van der Waals surface area contributed by atoms with Crippen LogP contribution < -0.4 is 10.2 Å². The normalized spacial score (nSPS) is 15.5. The van der Waals surface area contributed by atoms with E-state index in [1.165, 1.54) is 16.7 Å². The molecule has 2 heterocycles. The molecule has 0 amide bonds. The van der Waals surface area contributed by atoms with Gasteiger partial charge in [-0.1, -0.05) is 23.8 Å². The summed E-state index contributed by atoms with van der Waals surface area (Å²) in [6, 6.07) is 10.7. The number of hydrogen-bond donors (Lipinski definition) is 2. The number of piperidine rings is 1. The van der Waals surface area contributed by atoms with Crippen molar-refractivity contribution < 1.29 is 5.11 Å². The first-order chi connectivity index (χ1) is 11.7. The summed E-state index contributed by atoms with van der Waals surface area (Å²) in [6.45, 7) is 7.31. The molecule has 0 aliphatic carbocycles. The standard InChI is InChI=1S/C20H27N3O/c1-15-5-6-18(16(2)12-15)13-22-19-4-3-9-21-20(19)23-10-7-17(14-24)8-11-23/h3-6,9,12,17,22,24H,7-8,10-11,13-14H2,1-2H3. The van der Waals surface area contributed by atoms with Crippen LogP contribution in [-0.2, 0) is 6.54 Å². The number of aliphatic hydroxyl groups excluding tert-OH is 1. The Kier molecular flexibility index (Phi) is 5.36. The van der Waals surface area contributed by atoms with Gasteiger partial charge >= 0.3 is 0 Å². The number of aromatic nitrogens is 1. The van der Waals surface area contributed by atoms with Crippen LogP contribution in [0.4, 0.5) is 11.5 Å². The predicted molar refractivity (Wildman–Crippen MR) is 99.5 cm³/mol. The molecule has 1 aromatic carbocycles. The Bertz CT molecular complexity index is 678. The lowest BCUT2D eigenvalue weighted by atomic mass is 9.98. The van der Waals surface area contributed by atoms with Gasteiger partial charge in [0.2, 0.25) is 0 Å². The molecule has 2 aromatic rings. The molecule has 2 N–H and O–H groups in total. The van der Waals surface area contributed by atoms with Gasteiger partial charge in [0, 0.05) is 32.4 Å². The molecule has 1 saturated heterocycles. The van der Waals surface area contributed by atoms with Gasteiger partial charge < -0.3 is 15.3 Å². The lowest BCUT2D eigenvalue weighted by molar-refractivity contribution is 0.203. The minimum atomic E-state index is 0.299. The zero-order valence-electron chi connectivity index (χ0n) is 14.6. The van der Waals surface area contributed by atoms with E-state index in [4.69, 9.17) is 0 Å². The third-order valence-electron chi connectivity index (χ3n) is 4.93. The highest BCUT2D eigenvalue weighted by Gasteiger charge is 2.21. The smallest absolute Gasteiger partial charge is 0.151 e. The van der Waals surface area contributed by atoms with E-state index in [-0.39, 0.29) is 0 Å². The maximum atomic E-state index is 9.31. The Morgan fingerprint density at radius 3 is 2.71 bits per heavy atom.